The lowest BCUT2D eigenvalue weighted by Crippen LogP contribution is -2.33. The zero-order valence-electron chi connectivity index (χ0n) is 11.8. The van der Waals surface area contributed by atoms with Crippen molar-refractivity contribution in [2.24, 2.45) is 5.92 Å². The molecular formula is C15H23NO3. The van der Waals surface area contributed by atoms with Gasteiger partial charge in [0.25, 0.3) is 5.91 Å². The normalized spacial score (nSPS) is 12.3. The number of rotatable bonds is 7. The van der Waals surface area contributed by atoms with Gasteiger partial charge >= 0.3 is 0 Å². The minimum atomic E-state index is -0.168. The molecule has 0 aliphatic heterocycles. The molecule has 0 saturated carbocycles. The van der Waals surface area contributed by atoms with Gasteiger partial charge in [-0.25, -0.2) is 0 Å². The highest BCUT2D eigenvalue weighted by atomic mass is 16.5. The average Bonchev–Trinajstić information content (AvgIpc) is 2.42. The molecule has 1 aromatic rings. The summed E-state index contributed by atoms with van der Waals surface area (Å²) < 4.78 is 5.55. The van der Waals surface area contributed by atoms with Crippen molar-refractivity contribution in [2.45, 2.75) is 26.7 Å². The van der Waals surface area contributed by atoms with Crippen LogP contribution in [0.15, 0.2) is 24.3 Å². The van der Waals surface area contributed by atoms with Crippen molar-refractivity contribution in [3.8, 4) is 5.75 Å². The van der Waals surface area contributed by atoms with E-state index in [9.17, 15) is 4.79 Å². The summed E-state index contributed by atoms with van der Waals surface area (Å²) in [5.74, 6) is 1.00. The zero-order valence-corrected chi connectivity index (χ0v) is 11.8. The summed E-state index contributed by atoms with van der Waals surface area (Å²) >= 11 is 0. The third-order valence-electron chi connectivity index (χ3n) is 2.86. The molecule has 0 aliphatic carbocycles. The molecule has 1 rings (SSSR count). The highest BCUT2D eigenvalue weighted by Crippen LogP contribution is 2.25. The molecule has 1 amide bonds. The van der Waals surface area contributed by atoms with Gasteiger partial charge in [-0.15, -0.1) is 0 Å². The number of benzene rings is 1. The van der Waals surface area contributed by atoms with Gasteiger partial charge in [0.15, 0.2) is 6.61 Å². The number of aliphatic hydroxyl groups excluding tert-OH is 1. The first-order chi connectivity index (χ1) is 9.04. The molecule has 4 nitrogen and oxygen atoms in total. The Bertz CT molecular complexity index is 404. The maximum atomic E-state index is 11.6. The van der Waals surface area contributed by atoms with Gasteiger partial charge in [-0.1, -0.05) is 39.0 Å². The molecule has 0 heterocycles. The van der Waals surface area contributed by atoms with Gasteiger partial charge in [-0.2, -0.15) is 0 Å². The minimum absolute atomic E-state index is 0.00187. The molecule has 0 radical (unpaired) electrons. The first-order valence-corrected chi connectivity index (χ1v) is 6.63. The SMILES string of the molecule is CC(CO)CNC(=O)COc1ccccc1C(C)C. The van der Waals surface area contributed by atoms with Crippen LogP contribution in [0.3, 0.4) is 0 Å². The molecule has 0 aromatic heterocycles. The molecule has 0 bridgehead atoms. The first-order valence-electron chi connectivity index (χ1n) is 6.63. The Morgan fingerprint density at radius 1 is 1.32 bits per heavy atom. The van der Waals surface area contributed by atoms with Crippen LogP contribution < -0.4 is 10.1 Å². The van der Waals surface area contributed by atoms with E-state index in [1.165, 1.54) is 0 Å². The van der Waals surface area contributed by atoms with Crippen LogP contribution in [0.2, 0.25) is 0 Å². The quantitative estimate of drug-likeness (QED) is 0.792. The Balaban J connectivity index is 2.46. The van der Waals surface area contributed by atoms with Crippen LogP contribution in [0.5, 0.6) is 5.75 Å². The van der Waals surface area contributed by atoms with Crippen LogP contribution in [0.25, 0.3) is 0 Å². The standard InChI is InChI=1S/C15H23NO3/c1-11(2)13-6-4-5-7-14(13)19-10-15(18)16-8-12(3)9-17/h4-7,11-12,17H,8-10H2,1-3H3,(H,16,18). The highest BCUT2D eigenvalue weighted by Gasteiger charge is 2.09. The van der Waals surface area contributed by atoms with Gasteiger partial charge in [-0.05, 0) is 23.5 Å². The number of nitrogens with one attached hydrogen (secondary N) is 1. The summed E-state index contributed by atoms with van der Waals surface area (Å²) in [5.41, 5.74) is 1.10. The molecule has 1 unspecified atom stereocenters. The summed E-state index contributed by atoms with van der Waals surface area (Å²) in [6.07, 6.45) is 0. The maximum Gasteiger partial charge on any atom is 0.257 e. The van der Waals surface area contributed by atoms with E-state index in [0.29, 0.717) is 12.5 Å². The number of carbonyl (C=O) groups is 1. The summed E-state index contributed by atoms with van der Waals surface area (Å²) in [7, 11) is 0. The van der Waals surface area contributed by atoms with Gasteiger partial charge in [0.1, 0.15) is 5.75 Å². The molecule has 4 heteroatoms. The Hall–Kier alpha value is -1.55. The van der Waals surface area contributed by atoms with Gasteiger partial charge in [0, 0.05) is 13.2 Å². The summed E-state index contributed by atoms with van der Waals surface area (Å²) in [6, 6.07) is 7.74. The molecule has 1 aromatic carbocycles. The predicted molar refractivity (Wildman–Crippen MR) is 75.3 cm³/mol. The highest BCUT2D eigenvalue weighted by molar-refractivity contribution is 5.77. The second-order valence-electron chi connectivity index (χ2n) is 5.07. The van der Waals surface area contributed by atoms with E-state index in [2.05, 4.69) is 19.2 Å². The fourth-order valence-corrected chi connectivity index (χ4v) is 1.64. The van der Waals surface area contributed by atoms with Crippen LogP contribution in [0.4, 0.5) is 0 Å². The lowest BCUT2D eigenvalue weighted by Gasteiger charge is -2.14. The van der Waals surface area contributed by atoms with Crippen molar-refractivity contribution in [1.29, 1.82) is 0 Å². The van der Waals surface area contributed by atoms with Crippen LogP contribution in [-0.4, -0.2) is 30.8 Å². The van der Waals surface area contributed by atoms with Crippen molar-refractivity contribution in [3.63, 3.8) is 0 Å². The van der Waals surface area contributed by atoms with E-state index in [-0.39, 0.29) is 25.0 Å². The van der Waals surface area contributed by atoms with Crippen molar-refractivity contribution in [1.82, 2.24) is 5.32 Å². The number of hydrogen-bond donors (Lipinski definition) is 2. The Labute approximate surface area is 114 Å². The predicted octanol–water partition coefficient (Wildman–Crippen LogP) is 1.93. The van der Waals surface area contributed by atoms with E-state index in [1.807, 2.05) is 31.2 Å². The Morgan fingerprint density at radius 3 is 2.63 bits per heavy atom. The van der Waals surface area contributed by atoms with Crippen LogP contribution >= 0.6 is 0 Å². The van der Waals surface area contributed by atoms with Gasteiger partial charge in [0.05, 0.1) is 0 Å². The number of para-hydroxylation sites is 1. The molecule has 1 atom stereocenters. The van der Waals surface area contributed by atoms with Crippen molar-refractivity contribution >= 4 is 5.91 Å². The first kappa shape index (κ1) is 15.5. The number of amides is 1. The average molecular weight is 265 g/mol. The number of aliphatic hydroxyl groups is 1. The van der Waals surface area contributed by atoms with Crippen LogP contribution in [0, 0.1) is 5.92 Å². The number of hydrogen-bond acceptors (Lipinski definition) is 3. The largest absolute Gasteiger partial charge is 0.483 e. The van der Waals surface area contributed by atoms with Crippen LogP contribution in [-0.2, 0) is 4.79 Å². The smallest absolute Gasteiger partial charge is 0.257 e. The lowest BCUT2D eigenvalue weighted by atomic mass is 10.0. The molecule has 19 heavy (non-hydrogen) atoms. The monoisotopic (exact) mass is 265 g/mol. The minimum Gasteiger partial charge on any atom is -0.483 e. The van der Waals surface area contributed by atoms with Crippen LogP contribution in [0.1, 0.15) is 32.3 Å². The van der Waals surface area contributed by atoms with Gasteiger partial charge in [0.2, 0.25) is 0 Å². The molecule has 2 N–H and O–H groups in total. The number of ether oxygens (including phenoxy) is 1. The summed E-state index contributed by atoms with van der Waals surface area (Å²) in [5, 5.41) is 11.6. The summed E-state index contributed by atoms with van der Waals surface area (Å²) in [4.78, 5) is 11.6. The molecular weight excluding hydrogens is 242 g/mol. The second-order valence-corrected chi connectivity index (χ2v) is 5.07. The van der Waals surface area contributed by atoms with Crippen molar-refractivity contribution in [2.75, 3.05) is 19.8 Å². The Morgan fingerprint density at radius 2 is 2.00 bits per heavy atom. The van der Waals surface area contributed by atoms with E-state index in [4.69, 9.17) is 9.84 Å². The van der Waals surface area contributed by atoms with Crippen molar-refractivity contribution < 1.29 is 14.6 Å². The van der Waals surface area contributed by atoms with Gasteiger partial charge < -0.3 is 15.2 Å². The lowest BCUT2D eigenvalue weighted by molar-refractivity contribution is -0.123. The molecule has 0 aliphatic rings. The molecule has 0 spiro atoms. The van der Waals surface area contributed by atoms with E-state index >= 15 is 0 Å². The van der Waals surface area contributed by atoms with E-state index < -0.39 is 0 Å². The third-order valence-corrected chi connectivity index (χ3v) is 2.86. The number of carbonyl (C=O) groups excluding carboxylic acids is 1. The molecule has 0 fully saturated rings. The topological polar surface area (TPSA) is 58.6 Å². The molecule has 106 valence electrons. The second kappa shape index (κ2) is 7.79. The fourth-order valence-electron chi connectivity index (χ4n) is 1.64. The maximum absolute atomic E-state index is 11.6. The van der Waals surface area contributed by atoms with Gasteiger partial charge in [-0.3, -0.25) is 4.79 Å². The summed E-state index contributed by atoms with van der Waals surface area (Å²) in [6.45, 7) is 6.58. The zero-order chi connectivity index (χ0) is 14.3. The van der Waals surface area contributed by atoms with E-state index in [0.717, 1.165) is 11.3 Å². The van der Waals surface area contributed by atoms with Crippen molar-refractivity contribution in [3.05, 3.63) is 29.8 Å². The Kier molecular flexibility index (Phi) is 6.36. The fraction of sp³-hybridized carbons (Fsp3) is 0.533. The third kappa shape index (κ3) is 5.30. The molecule has 0 saturated heterocycles. The van der Waals surface area contributed by atoms with E-state index in [1.54, 1.807) is 0 Å².